The quantitative estimate of drug-likeness (QED) is 0.373. The number of hydrogen-bond donors (Lipinski definition) is 0. The minimum atomic E-state index is 0.367. The SMILES string of the molecule is CC#CC(C)=NC(C)C. The van der Waals surface area contributed by atoms with E-state index in [2.05, 4.69) is 16.8 Å². The molecule has 0 radical (unpaired) electrons. The van der Waals surface area contributed by atoms with Crippen molar-refractivity contribution in [2.45, 2.75) is 33.7 Å². The van der Waals surface area contributed by atoms with Crippen LogP contribution in [0, 0.1) is 11.8 Å². The molecule has 0 aromatic carbocycles. The lowest BCUT2D eigenvalue weighted by Crippen LogP contribution is -1.94. The molecule has 9 heavy (non-hydrogen) atoms. The van der Waals surface area contributed by atoms with E-state index in [0.29, 0.717) is 6.04 Å². The van der Waals surface area contributed by atoms with Crippen LogP contribution >= 0.6 is 0 Å². The third-order valence-corrected chi connectivity index (χ3v) is 0.758. The largest absolute Gasteiger partial charge is 0.278 e. The molecule has 0 amide bonds. The summed E-state index contributed by atoms with van der Waals surface area (Å²) in [4.78, 5) is 4.21. The maximum Gasteiger partial charge on any atom is 0.0815 e. The van der Waals surface area contributed by atoms with Gasteiger partial charge in [0.15, 0.2) is 0 Å². The third-order valence-electron chi connectivity index (χ3n) is 0.758. The van der Waals surface area contributed by atoms with Crippen molar-refractivity contribution in [1.29, 1.82) is 0 Å². The molecule has 0 saturated heterocycles. The number of rotatable bonds is 1. The molecule has 1 heteroatoms. The van der Waals surface area contributed by atoms with Gasteiger partial charge in [0.2, 0.25) is 0 Å². The second kappa shape index (κ2) is 4.14. The first-order valence-corrected chi connectivity index (χ1v) is 3.14. The topological polar surface area (TPSA) is 12.4 Å². The summed E-state index contributed by atoms with van der Waals surface area (Å²) >= 11 is 0. The van der Waals surface area contributed by atoms with E-state index < -0.39 is 0 Å². The molecular formula is C8H13N. The van der Waals surface area contributed by atoms with E-state index in [0.717, 1.165) is 5.71 Å². The maximum atomic E-state index is 4.21. The van der Waals surface area contributed by atoms with Crippen LogP contribution in [0.2, 0.25) is 0 Å². The first kappa shape index (κ1) is 8.23. The van der Waals surface area contributed by atoms with E-state index in [1.54, 1.807) is 0 Å². The fourth-order valence-corrected chi connectivity index (χ4v) is 0.600. The highest BCUT2D eigenvalue weighted by atomic mass is 14.8. The highest BCUT2D eigenvalue weighted by Gasteiger charge is 1.85. The molecule has 0 aromatic heterocycles. The molecular weight excluding hydrogens is 110 g/mol. The summed E-state index contributed by atoms with van der Waals surface area (Å²) in [6, 6.07) is 0.367. The van der Waals surface area contributed by atoms with E-state index >= 15 is 0 Å². The van der Waals surface area contributed by atoms with Gasteiger partial charge in [0.1, 0.15) is 0 Å². The number of nitrogens with zero attached hydrogens (tertiary/aromatic N) is 1. The standard InChI is InChI=1S/C8H13N/c1-5-6-8(4)9-7(2)3/h7H,1-4H3. The molecule has 0 heterocycles. The van der Waals surface area contributed by atoms with E-state index in [1.165, 1.54) is 0 Å². The molecule has 1 nitrogen and oxygen atoms in total. The Hall–Kier alpha value is -0.770. The van der Waals surface area contributed by atoms with Crippen LogP contribution in [0.25, 0.3) is 0 Å². The van der Waals surface area contributed by atoms with Crippen LogP contribution in [-0.2, 0) is 0 Å². The Labute approximate surface area is 57.2 Å². The van der Waals surface area contributed by atoms with Crippen LogP contribution in [0.1, 0.15) is 27.7 Å². The Morgan fingerprint density at radius 2 is 2.00 bits per heavy atom. The lowest BCUT2D eigenvalue weighted by atomic mass is 10.3. The molecule has 0 spiro atoms. The van der Waals surface area contributed by atoms with E-state index in [1.807, 2.05) is 27.7 Å². The molecule has 0 aromatic rings. The molecule has 0 rings (SSSR count). The molecule has 0 bridgehead atoms. The normalized spacial score (nSPS) is 11.0. The fraction of sp³-hybridized carbons (Fsp3) is 0.625. The highest BCUT2D eigenvalue weighted by molar-refractivity contribution is 5.98. The summed E-state index contributed by atoms with van der Waals surface area (Å²) in [7, 11) is 0. The second-order valence-corrected chi connectivity index (χ2v) is 2.18. The Bertz CT molecular complexity index is 155. The predicted molar refractivity (Wildman–Crippen MR) is 41.7 cm³/mol. The van der Waals surface area contributed by atoms with Crippen molar-refractivity contribution in [3.05, 3.63) is 0 Å². The monoisotopic (exact) mass is 123 g/mol. The van der Waals surface area contributed by atoms with Gasteiger partial charge in [0.25, 0.3) is 0 Å². The number of aliphatic imine (C=N–C) groups is 1. The van der Waals surface area contributed by atoms with E-state index in [4.69, 9.17) is 0 Å². The molecule has 0 aliphatic rings. The Balaban J connectivity index is 3.94. The van der Waals surface area contributed by atoms with Crippen molar-refractivity contribution in [3.63, 3.8) is 0 Å². The average molecular weight is 123 g/mol. The molecule has 0 aliphatic heterocycles. The van der Waals surface area contributed by atoms with Crippen molar-refractivity contribution in [2.75, 3.05) is 0 Å². The highest BCUT2D eigenvalue weighted by Crippen LogP contribution is 1.86. The van der Waals surface area contributed by atoms with Gasteiger partial charge in [-0.05, 0) is 27.7 Å². The maximum absolute atomic E-state index is 4.21. The molecule has 0 atom stereocenters. The van der Waals surface area contributed by atoms with Gasteiger partial charge in [-0.3, -0.25) is 4.99 Å². The van der Waals surface area contributed by atoms with Crippen molar-refractivity contribution >= 4 is 5.71 Å². The summed E-state index contributed by atoms with van der Waals surface area (Å²) in [6.45, 7) is 7.83. The van der Waals surface area contributed by atoms with Gasteiger partial charge in [0.05, 0.1) is 5.71 Å². The first-order chi connectivity index (χ1) is 4.16. The first-order valence-electron chi connectivity index (χ1n) is 3.14. The van der Waals surface area contributed by atoms with Crippen LogP contribution in [0.4, 0.5) is 0 Å². The third kappa shape index (κ3) is 5.10. The van der Waals surface area contributed by atoms with Crippen LogP contribution < -0.4 is 0 Å². The van der Waals surface area contributed by atoms with E-state index in [-0.39, 0.29) is 0 Å². The molecule has 0 unspecified atom stereocenters. The van der Waals surface area contributed by atoms with Gasteiger partial charge in [-0.1, -0.05) is 5.92 Å². The zero-order chi connectivity index (χ0) is 7.28. The number of hydrogen-bond acceptors (Lipinski definition) is 1. The van der Waals surface area contributed by atoms with E-state index in [9.17, 15) is 0 Å². The summed E-state index contributed by atoms with van der Waals surface area (Å²) in [5, 5.41) is 0. The fourth-order valence-electron chi connectivity index (χ4n) is 0.600. The zero-order valence-electron chi connectivity index (χ0n) is 6.52. The van der Waals surface area contributed by atoms with Gasteiger partial charge < -0.3 is 0 Å². The van der Waals surface area contributed by atoms with Gasteiger partial charge >= 0.3 is 0 Å². The van der Waals surface area contributed by atoms with Crippen LogP contribution in [0.15, 0.2) is 4.99 Å². The smallest absolute Gasteiger partial charge is 0.0815 e. The van der Waals surface area contributed by atoms with Crippen LogP contribution in [-0.4, -0.2) is 11.8 Å². The zero-order valence-corrected chi connectivity index (χ0v) is 6.52. The second-order valence-electron chi connectivity index (χ2n) is 2.18. The summed E-state index contributed by atoms with van der Waals surface area (Å²) in [5.74, 6) is 5.67. The van der Waals surface area contributed by atoms with Gasteiger partial charge in [-0.2, -0.15) is 0 Å². The Morgan fingerprint density at radius 1 is 1.44 bits per heavy atom. The van der Waals surface area contributed by atoms with Crippen molar-refractivity contribution in [2.24, 2.45) is 4.99 Å². The van der Waals surface area contributed by atoms with Crippen LogP contribution in [0.5, 0.6) is 0 Å². The molecule has 0 N–H and O–H groups in total. The van der Waals surface area contributed by atoms with Crippen molar-refractivity contribution in [1.82, 2.24) is 0 Å². The minimum absolute atomic E-state index is 0.367. The van der Waals surface area contributed by atoms with Crippen LogP contribution in [0.3, 0.4) is 0 Å². The average Bonchev–Trinajstić information content (AvgIpc) is 1.63. The molecule has 0 aliphatic carbocycles. The summed E-state index contributed by atoms with van der Waals surface area (Å²) in [6.07, 6.45) is 0. The predicted octanol–water partition coefficient (Wildman–Crippen LogP) is 1.88. The van der Waals surface area contributed by atoms with Crippen molar-refractivity contribution in [3.8, 4) is 11.8 Å². The molecule has 0 saturated carbocycles. The lowest BCUT2D eigenvalue weighted by molar-refractivity contribution is 0.837. The minimum Gasteiger partial charge on any atom is -0.278 e. The Morgan fingerprint density at radius 3 is 2.33 bits per heavy atom. The summed E-state index contributed by atoms with van der Waals surface area (Å²) < 4.78 is 0. The van der Waals surface area contributed by atoms with Gasteiger partial charge in [-0.15, -0.1) is 5.92 Å². The molecule has 0 fully saturated rings. The van der Waals surface area contributed by atoms with Crippen molar-refractivity contribution < 1.29 is 0 Å². The summed E-state index contributed by atoms with van der Waals surface area (Å²) in [5.41, 5.74) is 0.924. The molecule has 50 valence electrons. The Kier molecular flexibility index (Phi) is 3.79. The van der Waals surface area contributed by atoms with Gasteiger partial charge in [-0.25, -0.2) is 0 Å². The van der Waals surface area contributed by atoms with Gasteiger partial charge in [0, 0.05) is 6.04 Å². The lowest BCUT2D eigenvalue weighted by Gasteiger charge is -1.93.